The summed E-state index contributed by atoms with van der Waals surface area (Å²) in [6, 6.07) is 3.81. The number of rotatable bonds is 1. The smallest absolute Gasteiger partial charge is 0.265 e. The van der Waals surface area contributed by atoms with Crippen LogP contribution >= 0.6 is 15.9 Å². The number of anilines is 1. The highest BCUT2D eigenvalue weighted by Gasteiger charge is 2.30. The maximum Gasteiger partial charge on any atom is 0.265 e. The van der Waals surface area contributed by atoms with E-state index >= 15 is 0 Å². The van der Waals surface area contributed by atoms with Crippen LogP contribution in [-0.4, -0.2) is 12.0 Å². The highest BCUT2D eigenvalue weighted by Crippen LogP contribution is 2.35. The van der Waals surface area contributed by atoms with E-state index in [1.165, 1.54) is 0 Å². The minimum atomic E-state index is -0.401. The lowest BCUT2D eigenvalue weighted by atomic mass is 10.0. The maximum absolute atomic E-state index is 11.7. The molecule has 0 spiro atoms. The van der Waals surface area contributed by atoms with Crippen molar-refractivity contribution in [3.05, 3.63) is 22.2 Å². The summed E-state index contributed by atoms with van der Waals surface area (Å²) in [5, 5.41) is 2.87. The molecule has 4 heteroatoms. The van der Waals surface area contributed by atoms with Crippen LogP contribution in [0.3, 0.4) is 0 Å². The number of benzene rings is 1. The molecule has 1 N–H and O–H groups in total. The topological polar surface area (TPSA) is 38.3 Å². The van der Waals surface area contributed by atoms with Gasteiger partial charge >= 0.3 is 0 Å². The molecule has 1 heterocycles. The van der Waals surface area contributed by atoms with Crippen LogP contribution in [0.25, 0.3) is 0 Å². The molecule has 1 unspecified atom stereocenters. The summed E-state index contributed by atoms with van der Waals surface area (Å²) in [5.41, 5.74) is 1.83. The molecular weight excluding hydrogens is 270 g/mol. The fraction of sp³-hybridized carbons (Fsp3) is 0.417. The first kappa shape index (κ1) is 11.5. The van der Waals surface area contributed by atoms with Crippen molar-refractivity contribution in [3.8, 4) is 5.75 Å². The molecule has 0 aromatic heterocycles. The van der Waals surface area contributed by atoms with Gasteiger partial charge in [-0.15, -0.1) is 0 Å². The van der Waals surface area contributed by atoms with Gasteiger partial charge in [0.15, 0.2) is 6.10 Å². The highest BCUT2D eigenvalue weighted by molar-refractivity contribution is 9.10. The van der Waals surface area contributed by atoms with Crippen LogP contribution in [0.4, 0.5) is 5.69 Å². The molecule has 1 aromatic rings. The highest BCUT2D eigenvalue weighted by atomic mass is 79.9. The van der Waals surface area contributed by atoms with Gasteiger partial charge in [-0.25, -0.2) is 0 Å². The van der Waals surface area contributed by atoms with E-state index in [1.807, 2.05) is 32.9 Å². The third-order valence-electron chi connectivity index (χ3n) is 2.64. The molecule has 1 aliphatic heterocycles. The number of nitrogens with one attached hydrogen (secondary N) is 1. The zero-order valence-electron chi connectivity index (χ0n) is 9.50. The summed E-state index contributed by atoms with van der Waals surface area (Å²) in [4.78, 5) is 11.7. The number of ether oxygens (including phenoxy) is 1. The van der Waals surface area contributed by atoms with E-state index in [-0.39, 0.29) is 11.8 Å². The quantitative estimate of drug-likeness (QED) is 0.860. The van der Waals surface area contributed by atoms with Gasteiger partial charge in [-0.1, -0.05) is 29.8 Å². The van der Waals surface area contributed by atoms with Crippen molar-refractivity contribution >= 4 is 27.5 Å². The second-order valence-corrected chi connectivity index (χ2v) is 5.22. The van der Waals surface area contributed by atoms with Gasteiger partial charge < -0.3 is 10.1 Å². The van der Waals surface area contributed by atoms with Crippen LogP contribution in [0.1, 0.15) is 19.4 Å². The number of hydrogen-bond acceptors (Lipinski definition) is 2. The van der Waals surface area contributed by atoms with Crippen LogP contribution < -0.4 is 10.1 Å². The van der Waals surface area contributed by atoms with E-state index in [1.54, 1.807) is 0 Å². The third kappa shape index (κ3) is 1.94. The monoisotopic (exact) mass is 283 g/mol. The molecule has 1 aliphatic rings. The Kier molecular flexibility index (Phi) is 2.93. The lowest BCUT2D eigenvalue weighted by Crippen LogP contribution is -2.40. The zero-order valence-corrected chi connectivity index (χ0v) is 11.1. The van der Waals surface area contributed by atoms with Gasteiger partial charge in [-0.2, -0.15) is 0 Å². The Labute approximate surface area is 103 Å². The Bertz CT molecular complexity index is 443. The van der Waals surface area contributed by atoms with Gasteiger partial charge in [0, 0.05) is 4.47 Å². The van der Waals surface area contributed by atoms with Crippen molar-refractivity contribution in [1.82, 2.24) is 0 Å². The van der Waals surface area contributed by atoms with Gasteiger partial charge in [0.05, 0.1) is 5.69 Å². The molecule has 0 radical (unpaired) electrons. The first-order valence-electron chi connectivity index (χ1n) is 5.26. The molecule has 0 fully saturated rings. The summed E-state index contributed by atoms with van der Waals surface area (Å²) in [6.45, 7) is 5.92. The zero-order chi connectivity index (χ0) is 11.9. The largest absolute Gasteiger partial charge is 0.478 e. The number of carbonyl (C=O) groups excluding carboxylic acids is 1. The Morgan fingerprint density at radius 1 is 1.44 bits per heavy atom. The van der Waals surface area contributed by atoms with Crippen molar-refractivity contribution in [2.75, 3.05) is 5.32 Å². The molecule has 2 rings (SSSR count). The second-order valence-electron chi connectivity index (χ2n) is 4.37. The minimum Gasteiger partial charge on any atom is -0.478 e. The number of amides is 1. The fourth-order valence-electron chi connectivity index (χ4n) is 1.69. The number of fused-ring (bicyclic) bond motifs is 1. The molecule has 1 aromatic carbocycles. The molecule has 86 valence electrons. The molecular formula is C12H14BrNO2. The van der Waals surface area contributed by atoms with E-state index in [0.29, 0.717) is 0 Å². The SMILES string of the molecule is Cc1cc2c(cc1Br)OC(C(C)C)C(=O)N2. The molecule has 0 saturated heterocycles. The minimum absolute atomic E-state index is 0.0655. The standard InChI is InChI=1S/C12H14BrNO2/c1-6(2)11-12(15)14-9-4-7(3)8(13)5-10(9)16-11/h4-6,11H,1-3H3,(H,14,15). The number of carbonyl (C=O) groups is 1. The van der Waals surface area contributed by atoms with Gasteiger partial charge in [-0.05, 0) is 30.5 Å². The lowest BCUT2D eigenvalue weighted by Gasteiger charge is -2.28. The summed E-state index contributed by atoms with van der Waals surface area (Å²) >= 11 is 3.45. The van der Waals surface area contributed by atoms with Gasteiger partial charge in [0.2, 0.25) is 0 Å². The van der Waals surface area contributed by atoms with Gasteiger partial charge in [0.25, 0.3) is 5.91 Å². The number of halogens is 1. The Morgan fingerprint density at radius 2 is 2.12 bits per heavy atom. The van der Waals surface area contributed by atoms with Crippen LogP contribution in [0, 0.1) is 12.8 Å². The van der Waals surface area contributed by atoms with Gasteiger partial charge in [0.1, 0.15) is 5.75 Å². The molecule has 1 atom stereocenters. The van der Waals surface area contributed by atoms with E-state index in [9.17, 15) is 4.79 Å². The van der Waals surface area contributed by atoms with Crippen LogP contribution in [0.2, 0.25) is 0 Å². The summed E-state index contributed by atoms with van der Waals surface area (Å²) in [5.74, 6) is 0.827. The van der Waals surface area contributed by atoms with E-state index in [0.717, 1.165) is 21.5 Å². The molecule has 0 bridgehead atoms. The normalized spacial score (nSPS) is 19.1. The number of hydrogen-bond donors (Lipinski definition) is 1. The Balaban J connectivity index is 2.39. The van der Waals surface area contributed by atoms with E-state index < -0.39 is 6.10 Å². The molecule has 0 saturated carbocycles. The van der Waals surface area contributed by atoms with Crippen molar-refractivity contribution < 1.29 is 9.53 Å². The maximum atomic E-state index is 11.7. The van der Waals surface area contributed by atoms with E-state index in [4.69, 9.17) is 4.74 Å². The second kappa shape index (κ2) is 4.09. The summed E-state index contributed by atoms with van der Waals surface area (Å²) in [6.07, 6.45) is -0.401. The lowest BCUT2D eigenvalue weighted by molar-refractivity contribution is -0.125. The predicted octanol–water partition coefficient (Wildman–Crippen LogP) is 3.11. The third-order valence-corrected chi connectivity index (χ3v) is 3.49. The molecule has 0 aliphatic carbocycles. The van der Waals surface area contributed by atoms with E-state index in [2.05, 4.69) is 21.2 Å². The van der Waals surface area contributed by atoms with Crippen LogP contribution in [0.15, 0.2) is 16.6 Å². The van der Waals surface area contributed by atoms with Crippen molar-refractivity contribution in [1.29, 1.82) is 0 Å². The van der Waals surface area contributed by atoms with Gasteiger partial charge in [-0.3, -0.25) is 4.79 Å². The van der Waals surface area contributed by atoms with Crippen LogP contribution in [0.5, 0.6) is 5.75 Å². The Hall–Kier alpha value is -1.03. The first-order chi connectivity index (χ1) is 7.49. The fourth-order valence-corrected chi connectivity index (χ4v) is 2.01. The number of aryl methyl sites for hydroxylation is 1. The Morgan fingerprint density at radius 3 is 2.75 bits per heavy atom. The molecule has 3 nitrogen and oxygen atoms in total. The predicted molar refractivity (Wildman–Crippen MR) is 66.8 cm³/mol. The average Bonchev–Trinajstić information content (AvgIpc) is 2.19. The average molecular weight is 284 g/mol. The summed E-state index contributed by atoms with van der Waals surface area (Å²) in [7, 11) is 0. The van der Waals surface area contributed by atoms with Crippen LogP contribution in [-0.2, 0) is 4.79 Å². The summed E-state index contributed by atoms with van der Waals surface area (Å²) < 4.78 is 6.69. The van der Waals surface area contributed by atoms with Crippen molar-refractivity contribution in [2.24, 2.45) is 5.92 Å². The molecule has 16 heavy (non-hydrogen) atoms. The molecule has 1 amide bonds. The van der Waals surface area contributed by atoms with Crippen molar-refractivity contribution in [3.63, 3.8) is 0 Å². The first-order valence-corrected chi connectivity index (χ1v) is 6.06. The van der Waals surface area contributed by atoms with Crippen molar-refractivity contribution in [2.45, 2.75) is 26.9 Å².